The number of oxazole rings is 1. The van der Waals surface area contributed by atoms with E-state index in [0.717, 1.165) is 12.5 Å². The molecule has 1 aromatic heterocycles. The molecule has 0 atom stereocenters. The Morgan fingerprint density at radius 3 is 1.94 bits per heavy atom. The fourth-order valence-electron chi connectivity index (χ4n) is 0.736. The molecule has 0 aromatic carbocycles. The summed E-state index contributed by atoms with van der Waals surface area (Å²) in [6.45, 7) is 0. The van der Waals surface area contributed by atoms with Gasteiger partial charge >= 0.3 is 59.1 Å². The summed E-state index contributed by atoms with van der Waals surface area (Å²) in [5, 5.41) is 1.58. The molecule has 0 fully saturated rings. The summed E-state index contributed by atoms with van der Waals surface area (Å²) >= 11 is 0. The molecule has 0 bridgehead atoms. The van der Waals surface area contributed by atoms with Crippen LogP contribution in [-0.4, -0.2) is 10.5 Å². The van der Waals surface area contributed by atoms with Crippen molar-refractivity contribution in [1.29, 1.82) is 0 Å². The van der Waals surface area contributed by atoms with Crippen molar-refractivity contribution in [3.63, 3.8) is 0 Å². The van der Waals surface area contributed by atoms with Crippen molar-refractivity contribution >= 4 is 21.2 Å². The summed E-state index contributed by atoms with van der Waals surface area (Å²) in [6.07, 6.45) is 2.07. The fourth-order valence-corrected chi connectivity index (χ4v) is 2.66. The molecule has 0 unspecified atom stereocenters. The van der Waals surface area contributed by atoms with E-state index in [1.807, 2.05) is 0 Å². The zero-order valence-electron chi connectivity index (χ0n) is 8.93. The topological polar surface area (TPSA) is 164 Å². The van der Waals surface area contributed by atoms with Crippen molar-refractivity contribution in [2.75, 3.05) is 5.32 Å². The molecule has 17 heavy (non-hydrogen) atoms. The molecule has 0 radical (unpaired) electrons. The third kappa shape index (κ3) is 6.87. The zero-order chi connectivity index (χ0) is 11.7. The van der Waals surface area contributed by atoms with Crippen LogP contribution in [-0.2, 0) is 9.13 Å². The van der Waals surface area contributed by atoms with Crippen LogP contribution in [0.15, 0.2) is 16.9 Å². The quantitative estimate of drug-likeness (QED) is 0.419. The van der Waals surface area contributed by atoms with E-state index in [4.69, 9.17) is 0 Å². The van der Waals surface area contributed by atoms with Crippen molar-refractivity contribution in [2.45, 2.75) is 5.52 Å². The molecule has 0 aliphatic heterocycles. The van der Waals surface area contributed by atoms with Crippen molar-refractivity contribution < 1.29 is 92.2 Å². The van der Waals surface area contributed by atoms with Gasteiger partial charge in [-0.05, 0) is 15.2 Å². The SMILES string of the molecule is O=P([O-])([O-])C(Nc1ncco1)P(=O)([O-])[O-].[Na+].[Na+]. The number of hydrogen-bond acceptors (Lipinski definition) is 9. The number of nitrogens with zero attached hydrogens (tertiary/aromatic N) is 1. The van der Waals surface area contributed by atoms with Gasteiger partial charge in [0.05, 0.1) is 11.7 Å². The molecule has 0 saturated heterocycles. The monoisotopic (exact) mass is 300 g/mol. The largest absolute Gasteiger partial charge is 1.00 e. The number of rotatable bonds is 4. The van der Waals surface area contributed by atoms with Gasteiger partial charge in [-0.1, -0.05) is 0 Å². The first-order valence-electron chi connectivity index (χ1n) is 3.41. The van der Waals surface area contributed by atoms with Gasteiger partial charge in [0.1, 0.15) is 6.26 Å². The van der Waals surface area contributed by atoms with Gasteiger partial charge in [0.15, 0.2) is 0 Å². The fraction of sp³-hybridized carbons (Fsp3) is 0.250. The summed E-state index contributed by atoms with van der Waals surface area (Å²) in [4.78, 5) is 45.2. The Labute approximate surface area is 140 Å². The molecular formula is C4H4N2Na2O7P2-2. The van der Waals surface area contributed by atoms with E-state index >= 15 is 0 Å². The van der Waals surface area contributed by atoms with Crippen LogP contribution in [0.4, 0.5) is 6.01 Å². The van der Waals surface area contributed by atoms with E-state index in [9.17, 15) is 28.7 Å². The van der Waals surface area contributed by atoms with E-state index < -0.39 is 26.7 Å². The Morgan fingerprint density at radius 1 is 1.18 bits per heavy atom. The smallest absolute Gasteiger partial charge is 0.809 e. The number of hydrogen-bond donors (Lipinski definition) is 1. The van der Waals surface area contributed by atoms with Crippen molar-refractivity contribution in [3.05, 3.63) is 12.5 Å². The Bertz CT molecular complexity index is 392. The second kappa shape index (κ2) is 7.79. The molecule has 0 aliphatic carbocycles. The van der Waals surface area contributed by atoms with Crippen LogP contribution in [0.2, 0.25) is 0 Å². The maximum Gasteiger partial charge on any atom is 1.00 e. The molecule has 1 rings (SSSR count). The van der Waals surface area contributed by atoms with Crippen molar-refractivity contribution in [2.24, 2.45) is 0 Å². The van der Waals surface area contributed by atoms with E-state index in [-0.39, 0.29) is 59.1 Å². The first kappa shape index (κ1) is 20.6. The normalized spacial score (nSPS) is 11.6. The van der Waals surface area contributed by atoms with Gasteiger partial charge in [-0.15, -0.1) is 0 Å². The minimum atomic E-state index is -5.64. The van der Waals surface area contributed by atoms with Gasteiger partial charge in [0.25, 0.3) is 6.01 Å². The molecule has 1 heterocycles. The number of anilines is 1. The molecule has 86 valence electrons. The average molecular weight is 300 g/mol. The van der Waals surface area contributed by atoms with Gasteiger partial charge in [-0.2, -0.15) is 0 Å². The summed E-state index contributed by atoms with van der Waals surface area (Å²) in [5.74, 6) is 0. The van der Waals surface area contributed by atoms with Crippen LogP contribution < -0.4 is 84.0 Å². The molecule has 1 aromatic rings. The molecule has 1 N–H and O–H groups in total. The average Bonchev–Trinajstić information content (AvgIpc) is 2.46. The van der Waals surface area contributed by atoms with Gasteiger partial charge in [-0.25, -0.2) is 4.98 Å². The second-order valence-corrected chi connectivity index (χ2v) is 6.03. The first-order chi connectivity index (χ1) is 6.71. The van der Waals surface area contributed by atoms with Gasteiger partial charge < -0.3 is 38.4 Å². The van der Waals surface area contributed by atoms with Gasteiger partial charge in [0, 0.05) is 0 Å². The third-order valence-electron chi connectivity index (χ3n) is 1.28. The summed E-state index contributed by atoms with van der Waals surface area (Å²) in [5.41, 5.74) is -2.80. The molecule has 0 spiro atoms. The standard InChI is InChI=1S/C4H8N2O7P2.2Na/c7-14(8,9)4(15(10,11)12)6-3-5-1-2-13-3;;/h1-2,4H,(H,5,6)(H2,7,8,9)(H2,10,11,12);;/q;2*+1/p-4. The Kier molecular flexibility index (Phi) is 9.45. The number of aromatic nitrogens is 1. The minimum Gasteiger partial charge on any atom is -0.809 e. The molecule has 0 aliphatic rings. The van der Waals surface area contributed by atoms with Crippen LogP contribution in [0.25, 0.3) is 0 Å². The van der Waals surface area contributed by atoms with E-state index in [0.29, 0.717) is 0 Å². The molecule has 0 saturated carbocycles. The van der Waals surface area contributed by atoms with Crippen LogP contribution >= 0.6 is 15.2 Å². The first-order valence-corrected chi connectivity index (χ1v) is 6.63. The molecule has 0 amide bonds. The molecule has 9 nitrogen and oxygen atoms in total. The Hall–Kier alpha value is 1.31. The molecule has 13 heteroatoms. The zero-order valence-corrected chi connectivity index (χ0v) is 14.7. The second-order valence-electron chi connectivity index (χ2n) is 2.43. The van der Waals surface area contributed by atoms with Crippen LogP contribution in [0, 0.1) is 0 Å². The van der Waals surface area contributed by atoms with E-state index in [1.165, 1.54) is 0 Å². The summed E-state index contributed by atoms with van der Waals surface area (Å²) in [7, 11) is -11.3. The minimum absolute atomic E-state index is 0. The Balaban J connectivity index is 0. The summed E-state index contributed by atoms with van der Waals surface area (Å²) in [6, 6.07) is -0.543. The summed E-state index contributed by atoms with van der Waals surface area (Å²) < 4.78 is 25.4. The van der Waals surface area contributed by atoms with E-state index in [2.05, 4.69) is 9.40 Å². The predicted molar refractivity (Wildman–Crippen MR) is 39.1 cm³/mol. The van der Waals surface area contributed by atoms with Crippen LogP contribution in [0.5, 0.6) is 0 Å². The van der Waals surface area contributed by atoms with Gasteiger partial charge in [-0.3, -0.25) is 0 Å². The van der Waals surface area contributed by atoms with Crippen LogP contribution in [0.1, 0.15) is 0 Å². The third-order valence-corrected chi connectivity index (χ3v) is 4.44. The van der Waals surface area contributed by atoms with Crippen LogP contribution in [0.3, 0.4) is 0 Å². The van der Waals surface area contributed by atoms with Crippen molar-refractivity contribution in [3.8, 4) is 0 Å². The predicted octanol–water partition coefficient (Wildman–Crippen LogP) is -8.79. The van der Waals surface area contributed by atoms with Crippen molar-refractivity contribution in [1.82, 2.24) is 4.98 Å². The van der Waals surface area contributed by atoms with Gasteiger partial charge in [0.2, 0.25) is 0 Å². The number of nitrogens with one attached hydrogen (secondary N) is 1. The maximum atomic E-state index is 10.5. The molecular weight excluding hydrogens is 296 g/mol. The van der Waals surface area contributed by atoms with E-state index in [1.54, 1.807) is 5.32 Å². The maximum absolute atomic E-state index is 10.5. The Morgan fingerprint density at radius 2 is 1.65 bits per heavy atom.